The minimum absolute atomic E-state index is 0.0998. The average molecular weight is 428 g/mol. The highest BCUT2D eigenvalue weighted by Gasteiger charge is 2.29. The summed E-state index contributed by atoms with van der Waals surface area (Å²) in [6.07, 6.45) is 12.9. The first-order valence-corrected chi connectivity index (χ1v) is 12.1. The molecule has 0 spiro atoms. The maximum atomic E-state index is 13.0. The molecule has 0 aliphatic heterocycles. The molecule has 1 amide bonds. The average Bonchev–Trinajstić information content (AvgIpc) is 3.17. The van der Waals surface area contributed by atoms with Gasteiger partial charge < -0.3 is 5.32 Å². The number of aromatic nitrogens is 4. The van der Waals surface area contributed by atoms with E-state index < -0.39 is 5.92 Å². The van der Waals surface area contributed by atoms with Gasteiger partial charge in [-0.1, -0.05) is 95.0 Å². The van der Waals surface area contributed by atoms with Crippen LogP contribution in [0.5, 0.6) is 0 Å². The van der Waals surface area contributed by atoms with Crippen LogP contribution in [0.15, 0.2) is 30.3 Å². The van der Waals surface area contributed by atoms with Crippen molar-refractivity contribution in [1.29, 1.82) is 0 Å². The highest BCUT2D eigenvalue weighted by molar-refractivity contribution is 5.86. The van der Waals surface area contributed by atoms with Crippen LogP contribution in [0.2, 0.25) is 0 Å². The summed E-state index contributed by atoms with van der Waals surface area (Å²) in [5.74, 6) is -0.195. The lowest BCUT2D eigenvalue weighted by Gasteiger charge is -2.23. The fraction of sp³-hybridized carbons (Fsp3) is 0.680. The van der Waals surface area contributed by atoms with Gasteiger partial charge in [-0.3, -0.25) is 4.79 Å². The summed E-state index contributed by atoms with van der Waals surface area (Å²) in [5, 5.41) is 16.0. The van der Waals surface area contributed by atoms with Crippen molar-refractivity contribution in [3.8, 4) is 0 Å². The molecule has 0 fully saturated rings. The van der Waals surface area contributed by atoms with E-state index in [4.69, 9.17) is 0 Å². The number of carbonyl (C=O) groups excluding carboxylic acids is 1. The molecule has 0 saturated carbocycles. The van der Waals surface area contributed by atoms with Gasteiger partial charge >= 0.3 is 0 Å². The number of hydrogen-bond acceptors (Lipinski definition) is 4. The van der Waals surface area contributed by atoms with E-state index in [1.54, 1.807) is 4.80 Å². The van der Waals surface area contributed by atoms with Crippen LogP contribution in [-0.4, -0.2) is 31.7 Å². The topological polar surface area (TPSA) is 72.7 Å². The quantitative estimate of drug-likeness (QED) is 0.396. The van der Waals surface area contributed by atoms with Gasteiger partial charge in [0.2, 0.25) is 5.91 Å². The number of tetrazole rings is 1. The second kappa shape index (κ2) is 13.2. The standard InChI is InChI=1S/C25H41N5O/c1-5-6-7-8-9-10-11-12-13-17-20-30-28-23(27-29-30)22(21-18-15-14-16-19-21)24(31)26-25(2,3)4/h14-16,18-19,22H,5-13,17,20H2,1-4H3,(H,26,31)/t22-/m0/s1. The van der Waals surface area contributed by atoms with Crippen LogP contribution in [-0.2, 0) is 11.3 Å². The van der Waals surface area contributed by atoms with Gasteiger partial charge in [-0.2, -0.15) is 4.80 Å². The Bertz CT molecular complexity index is 751. The van der Waals surface area contributed by atoms with Crippen molar-refractivity contribution in [2.24, 2.45) is 0 Å². The summed E-state index contributed by atoms with van der Waals surface area (Å²) in [6, 6.07) is 9.69. The third-order valence-electron chi connectivity index (χ3n) is 5.33. The molecule has 1 atom stereocenters. The Morgan fingerprint density at radius 2 is 1.52 bits per heavy atom. The maximum absolute atomic E-state index is 13.0. The van der Waals surface area contributed by atoms with Gasteiger partial charge in [-0.25, -0.2) is 0 Å². The van der Waals surface area contributed by atoms with Crippen LogP contribution in [0.1, 0.15) is 109 Å². The lowest BCUT2D eigenvalue weighted by atomic mass is 9.96. The molecule has 0 aliphatic carbocycles. The summed E-state index contributed by atoms with van der Waals surface area (Å²) in [4.78, 5) is 14.6. The predicted octanol–water partition coefficient (Wildman–Crippen LogP) is 5.64. The Labute approximate surface area is 188 Å². The minimum atomic E-state index is -0.554. The predicted molar refractivity (Wildman–Crippen MR) is 126 cm³/mol. The normalized spacial score (nSPS) is 12.6. The summed E-state index contributed by atoms with van der Waals surface area (Å²) >= 11 is 0. The lowest BCUT2D eigenvalue weighted by molar-refractivity contribution is -0.123. The molecule has 6 heteroatoms. The van der Waals surface area contributed by atoms with Gasteiger partial charge in [0, 0.05) is 5.54 Å². The molecule has 6 nitrogen and oxygen atoms in total. The molecule has 0 unspecified atom stereocenters. The lowest BCUT2D eigenvalue weighted by Crippen LogP contribution is -2.43. The van der Waals surface area contributed by atoms with E-state index in [9.17, 15) is 4.79 Å². The molecule has 1 aromatic heterocycles. The SMILES string of the molecule is CCCCCCCCCCCCn1nnc([C@@H](C(=O)NC(C)(C)C)c2ccccc2)n1. The third-order valence-corrected chi connectivity index (χ3v) is 5.33. The van der Waals surface area contributed by atoms with Crippen molar-refractivity contribution in [2.45, 2.75) is 110 Å². The molecule has 2 rings (SSSR count). The second-order valence-corrected chi connectivity index (χ2v) is 9.51. The summed E-state index contributed by atoms with van der Waals surface area (Å²) in [7, 11) is 0. The van der Waals surface area contributed by atoms with Gasteiger partial charge in [0.05, 0.1) is 6.54 Å². The Kier molecular flexibility index (Phi) is 10.7. The molecule has 0 aliphatic rings. The molecule has 1 heterocycles. The highest BCUT2D eigenvalue weighted by atomic mass is 16.2. The zero-order chi connectivity index (χ0) is 22.5. The maximum Gasteiger partial charge on any atom is 0.235 e. The first-order chi connectivity index (χ1) is 14.9. The number of amides is 1. The van der Waals surface area contributed by atoms with E-state index in [2.05, 4.69) is 27.7 Å². The molecule has 1 aromatic carbocycles. The first-order valence-electron chi connectivity index (χ1n) is 12.1. The van der Waals surface area contributed by atoms with Gasteiger partial charge in [0.1, 0.15) is 5.92 Å². The Balaban J connectivity index is 1.83. The molecule has 172 valence electrons. The molecule has 31 heavy (non-hydrogen) atoms. The van der Waals surface area contributed by atoms with E-state index in [0.717, 1.165) is 18.5 Å². The van der Waals surface area contributed by atoms with Crippen molar-refractivity contribution >= 4 is 5.91 Å². The number of nitrogens with one attached hydrogen (secondary N) is 1. The van der Waals surface area contributed by atoms with Crippen molar-refractivity contribution in [3.63, 3.8) is 0 Å². The fourth-order valence-corrected chi connectivity index (χ4v) is 3.71. The van der Waals surface area contributed by atoms with E-state index >= 15 is 0 Å². The monoisotopic (exact) mass is 427 g/mol. The summed E-state index contributed by atoms with van der Waals surface area (Å²) in [5.41, 5.74) is 0.554. The number of hydrogen-bond donors (Lipinski definition) is 1. The molecule has 0 bridgehead atoms. The van der Waals surface area contributed by atoms with Crippen molar-refractivity contribution < 1.29 is 4.79 Å². The van der Waals surface area contributed by atoms with Gasteiger partial charge in [0.25, 0.3) is 0 Å². The number of benzene rings is 1. The molecule has 0 saturated heterocycles. The van der Waals surface area contributed by atoms with Crippen LogP contribution in [0, 0.1) is 0 Å². The Morgan fingerprint density at radius 3 is 2.10 bits per heavy atom. The van der Waals surface area contributed by atoms with Crippen LogP contribution >= 0.6 is 0 Å². The van der Waals surface area contributed by atoms with E-state index in [1.807, 2.05) is 51.1 Å². The molecular formula is C25H41N5O. The Morgan fingerprint density at radius 1 is 0.935 bits per heavy atom. The van der Waals surface area contributed by atoms with Crippen molar-refractivity contribution in [3.05, 3.63) is 41.7 Å². The second-order valence-electron chi connectivity index (χ2n) is 9.51. The van der Waals surface area contributed by atoms with Crippen LogP contribution in [0.25, 0.3) is 0 Å². The first kappa shape index (κ1) is 25.0. The third kappa shape index (κ3) is 9.62. The number of carbonyl (C=O) groups is 1. The molecule has 0 radical (unpaired) electrons. The largest absolute Gasteiger partial charge is 0.351 e. The molecule has 1 N–H and O–H groups in total. The smallest absolute Gasteiger partial charge is 0.235 e. The number of aryl methyl sites for hydroxylation is 1. The van der Waals surface area contributed by atoms with Gasteiger partial charge in [-0.15, -0.1) is 10.2 Å². The zero-order valence-electron chi connectivity index (χ0n) is 19.9. The molecule has 2 aromatic rings. The highest BCUT2D eigenvalue weighted by Crippen LogP contribution is 2.22. The molecular weight excluding hydrogens is 386 g/mol. The minimum Gasteiger partial charge on any atom is -0.351 e. The van der Waals surface area contributed by atoms with Crippen LogP contribution in [0.3, 0.4) is 0 Å². The van der Waals surface area contributed by atoms with Crippen molar-refractivity contribution in [2.75, 3.05) is 0 Å². The number of rotatable bonds is 14. The van der Waals surface area contributed by atoms with E-state index in [-0.39, 0.29) is 11.4 Å². The van der Waals surface area contributed by atoms with Gasteiger partial charge in [-0.05, 0) is 38.0 Å². The van der Waals surface area contributed by atoms with Crippen LogP contribution in [0.4, 0.5) is 0 Å². The number of unbranched alkanes of at least 4 members (excludes halogenated alkanes) is 9. The zero-order valence-corrected chi connectivity index (χ0v) is 19.9. The van der Waals surface area contributed by atoms with E-state index in [0.29, 0.717) is 5.82 Å². The summed E-state index contributed by atoms with van der Waals surface area (Å²) in [6.45, 7) is 8.93. The summed E-state index contributed by atoms with van der Waals surface area (Å²) < 4.78 is 0. The van der Waals surface area contributed by atoms with Crippen LogP contribution < -0.4 is 5.32 Å². The van der Waals surface area contributed by atoms with E-state index in [1.165, 1.54) is 57.8 Å². The van der Waals surface area contributed by atoms with Crippen molar-refractivity contribution in [1.82, 2.24) is 25.5 Å². The Hall–Kier alpha value is -2.24. The van der Waals surface area contributed by atoms with Gasteiger partial charge in [0.15, 0.2) is 5.82 Å². The number of nitrogens with zero attached hydrogens (tertiary/aromatic N) is 4. The fourth-order valence-electron chi connectivity index (χ4n) is 3.71.